The third-order valence-electron chi connectivity index (χ3n) is 3.05. The predicted molar refractivity (Wildman–Crippen MR) is 59.6 cm³/mol. The molecule has 2 heterocycles. The first kappa shape index (κ1) is 12.8. The van der Waals surface area contributed by atoms with Gasteiger partial charge in [0.2, 0.25) is 0 Å². The van der Waals surface area contributed by atoms with Crippen molar-refractivity contribution in [1.29, 1.82) is 0 Å². The Labute approximate surface area is 104 Å². The number of carbonyl (C=O) groups excluding carboxylic acids is 3. The summed E-state index contributed by atoms with van der Waals surface area (Å²) in [4.78, 5) is 35.5. The summed E-state index contributed by atoms with van der Waals surface area (Å²) in [5.41, 5.74) is 0. The van der Waals surface area contributed by atoms with Crippen LogP contribution in [0.4, 0.5) is 4.79 Å². The second-order valence-corrected chi connectivity index (χ2v) is 4.27. The maximum absolute atomic E-state index is 11.6. The SMILES string of the molecule is O=C(OCC(=O)N1CCNC1=O)C1CCOCC1. The van der Waals surface area contributed by atoms with Crippen molar-refractivity contribution in [2.75, 3.05) is 32.9 Å². The van der Waals surface area contributed by atoms with Crippen molar-refractivity contribution in [3.8, 4) is 0 Å². The molecule has 0 saturated carbocycles. The summed E-state index contributed by atoms with van der Waals surface area (Å²) in [6, 6.07) is -0.429. The van der Waals surface area contributed by atoms with Crippen LogP contribution in [0.3, 0.4) is 0 Å². The van der Waals surface area contributed by atoms with E-state index in [4.69, 9.17) is 9.47 Å². The van der Waals surface area contributed by atoms with Crippen molar-refractivity contribution < 1.29 is 23.9 Å². The van der Waals surface area contributed by atoms with E-state index in [1.165, 1.54) is 0 Å². The van der Waals surface area contributed by atoms with Crippen LogP contribution in [-0.2, 0) is 19.1 Å². The molecule has 3 amide bonds. The number of amides is 3. The van der Waals surface area contributed by atoms with Gasteiger partial charge in [-0.25, -0.2) is 4.79 Å². The minimum Gasteiger partial charge on any atom is -0.455 e. The summed E-state index contributed by atoms with van der Waals surface area (Å²) < 4.78 is 10.1. The lowest BCUT2D eigenvalue weighted by Gasteiger charge is -2.20. The number of hydrogen-bond donors (Lipinski definition) is 1. The molecule has 2 aliphatic rings. The minimum atomic E-state index is -0.481. The van der Waals surface area contributed by atoms with Gasteiger partial charge < -0.3 is 14.8 Å². The molecule has 0 radical (unpaired) electrons. The van der Waals surface area contributed by atoms with Crippen molar-refractivity contribution in [1.82, 2.24) is 10.2 Å². The molecule has 2 saturated heterocycles. The van der Waals surface area contributed by atoms with Crippen LogP contribution in [0.1, 0.15) is 12.8 Å². The van der Waals surface area contributed by atoms with Crippen LogP contribution in [0.25, 0.3) is 0 Å². The number of carbonyl (C=O) groups is 3. The number of rotatable bonds is 3. The van der Waals surface area contributed by atoms with Gasteiger partial charge in [-0.05, 0) is 12.8 Å². The first-order valence-corrected chi connectivity index (χ1v) is 6.01. The van der Waals surface area contributed by atoms with Crippen LogP contribution >= 0.6 is 0 Å². The fourth-order valence-corrected chi connectivity index (χ4v) is 1.97. The van der Waals surface area contributed by atoms with Crippen molar-refractivity contribution >= 4 is 17.9 Å². The zero-order valence-electron chi connectivity index (χ0n) is 10.0. The predicted octanol–water partition coefficient (Wildman–Crippen LogP) is -0.492. The monoisotopic (exact) mass is 256 g/mol. The van der Waals surface area contributed by atoms with E-state index in [9.17, 15) is 14.4 Å². The molecular formula is C11H16N2O5. The molecule has 0 bridgehead atoms. The summed E-state index contributed by atoms with van der Waals surface area (Å²) in [7, 11) is 0. The van der Waals surface area contributed by atoms with Gasteiger partial charge in [0.1, 0.15) is 0 Å². The normalized spacial score (nSPS) is 20.7. The molecule has 100 valence electrons. The zero-order valence-corrected chi connectivity index (χ0v) is 10.0. The molecule has 18 heavy (non-hydrogen) atoms. The maximum atomic E-state index is 11.6. The van der Waals surface area contributed by atoms with E-state index in [1.807, 2.05) is 0 Å². The molecule has 1 N–H and O–H groups in total. The Kier molecular flexibility index (Phi) is 4.14. The van der Waals surface area contributed by atoms with Crippen molar-refractivity contribution in [3.63, 3.8) is 0 Å². The molecule has 0 atom stereocenters. The molecule has 0 spiro atoms. The van der Waals surface area contributed by atoms with E-state index < -0.39 is 11.9 Å². The fraction of sp³-hybridized carbons (Fsp3) is 0.727. The first-order chi connectivity index (χ1) is 8.68. The van der Waals surface area contributed by atoms with Crippen LogP contribution in [0.15, 0.2) is 0 Å². The average molecular weight is 256 g/mol. The lowest BCUT2D eigenvalue weighted by Crippen LogP contribution is -2.38. The van der Waals surface area contributed by atoms with Crippen molar-refractivity contribution in [2.45, 2.75) is 12.8 Å². The van der Waals surface area contributed by atoms with Gasteiger partial charge in [0, 0.05) is 26.3 Å². The fourth-order valence-electron chi connectivity index (χ4n) is 1.97. The highest BCUT2D eigenvalue weighted by Gasteiger charge is 2.28. The molecule has 7 nitrogen and oxygen atoms in total. The van der Waals surface area contributed by atoms with Gasteiger partial charge in [-0.1, -0.05) is 0 Å². The highest BCUT2D eigenvalue weighted by Crippen LogP contribution is 2.16. The lowest BCUT2D eigenvalue weighted by atomic mass is 10.0. The van der Waals surface area contributed by atoms with Gasteiger partial charge in [-0.15, -0.1) is 0 Å². The Morgan fingerprint density at radius 3 is 2.72 bits per heavy atom. The summed E-state index contributed by atoms with van der Waals surface area (Å²) in [5.74, 6) is -1.06. The van der Waals surface area contributed by atoms with E-state index in [2.05, 4.69) is 5.32 Å². The quantitative estimate of drug-likeness (QED) is 0.689. The number of nitrogens with one attached hydrogen (secondary N) is 1. The summed E-state index contributed by atoms with van der Waals surface area (Å²) in [6.07, 6.45) is 1.24. The Morgan fingerprint density at radius 2 is 2.11 bits per heavy atom. The highest BCUT2D eigenvalue weighted by atomic mass is 16.5. The zero-order chi connectivity index (χ0) is 13.0. The number of hydrogen-bond acceptors (Lipinski definition) is 5. The third kappa shape index (κ3) is 2.98. The topological polar surface area (TPSA) is 84.9 Å². The lowest BCUT2D eigenvalue weighted by molar-refractivity contribution is -0.156. The Balaban J connectivity index is 1.75. The Bertz CT molecular complexity index is 351. The number of ether oxygens (including phenoxy) is 2. The molecule has 0 aliphatic carbocycles. The van der Waals surface area contributed by atoms with Gasteiger partial charge in [0.15, 0.2) is 6.61 Å². The number of esters is 1. The van der Waals surface area contributed by atoms with E-state index in [1.54, 1.807) is 0 Å². The van der Waals surface area contributed by atoms with Crippen LogP contribution < -0.4 is 5.32 Å². The second kappa shape index (κ2) is 5.81. The van der Waals surface area contributed by atoms with E-state index in [-0.39, 0.29) is 18.5 Å². The van der Waals surface area contributed by atoms with Crippen LogP contribution in [0.2, 0.25) is 0 Å². The molecule has 2 fully saturated rings. The number of imide groups is 1. The maximum Gasteiger partial charge on any atom is 0.324 e. The molecule has 0 unspecified atom stereocenters. The molecule has 2 rings (SSSR count). The summed E-state index contributed by atoms with van der Waals surface area (Å²) in [5, 5.41) is 2.51. The second-order valence-electron chi connectivity index (χ2n) is 4.27. The minimum absolute atomic E-state index is 0.195. The van der Waals surface area contributed by atoms with E-state index >= 15 is 0 Å². The van der Waals surface area contributed by atoms with Crippen molar-refractivity contribution in [3.05, 3.63) is 0 Å². The van der Waals surface area contributed by atoms with Gasteiger partial charge in [0.05, 0.1) is 5.92 Å². The summed E-state index contributed by atoms with van der Waals surface area (Å²) in [6.45, 7) is 1.49. The van der Waals surface area contributed by atoms with Gasteiger partial charge in [-0.3, -0.25) is 14.5 Å². The summed E-state index contributed by atoms with van der Waals surface area (Å²) >= 11 is 0. The largest absolute Gasteiger partial charge is 0.455 e. The van der Waals surface area contributed by atoms with Crippen LogP contribution in [-0.4, -0.2) is 55.7 Å². The molecule has 7 heteroatoms. The van der Waals surface area contributed by atoms with Gasteiger partial charge in [-0.2, -0.15) is 0 Å². The smallest absolute Gasteiger partial charge is 0.324 e. The standard InChI is InChI=1S/C11H16N2O5/c14-9(13-4-3-12-11(13)16)7-18-10(15)8-1-5-17-6-2-8/h8H,1-7H2,(H,12,16). The number of nitrogens with zero attached hydrogens (tertiary/aromatic N) is 1. The highest BCUT2D eigenvalue weighted by molar-refractivity contribution is 5.97. The first-order valence-electron chi connectivity index (χ1n) is 6.01. The molecule has 0 aromatic carbocycles. The molecular weight excluding hydrogens is 240 g/mol. The molecule has 0 aromatic heterocycles. The van der Waals surface area contributed by atoms with Gasteiger partial charge in [0.25, 0.3) is 5.91 Å². The van der Waals surface area contributed by atoms with Crippen LogP contribution in [0, 0.1) is 5.92 Å². The van der Waals surface area contributed by atoms with Gasteiger partial charge >= 0.3 is 12.0 Å². The van der Waals surface area contributed by atoms with Crippen molar-refractivity contribution in [2.24, 2.45) is 5.92 Å². The Morgan fingerprint density at radius 1 is 1.39 bits per heavy atom. The van der Waals surface area contributed by atoms with E-state index in [0.29, 0.717) is 39.1 Å². The van der Waals surface area contributed by atoms with E-state index in [0.717, 1.165) is 4.90 Å². The Hall–Kier alpha value is -1.63. The molecule has 0 aromatic rings. The molecule has 2 aliphatic heterocycles. The van der Waals surface area contributed by atoms with Crippen LogP contribution in [0.5, 0.6) is 0 Å². The number of urea groups is 1. The average Bonchev–Trinajstić information content (AvgIpc) is 2.83. The third-order valence-corrected chi connectivity index (χ3v) is 3.05.